The summed E-state index contributed by atoms with van der Waals surface area (Å²) in [4.78, 5) is 0. The third-order valence-corrected chi connectivity index (χ3v) is 4.01. The van der Waals surface area contributed by atoms with Crippen molar-refractivity contribution >= 4 is 0 Å². The fourth-order valence-electron chi connectivity index (χ4n) is 2.29. The summed E-state index contributed by atoms with van der Waals surface area (Å²) in [6.07, 6.45) is 2.70. The number of nitrogens with one attached hydrogen (secondary N) is 2. The molecule has 2 nitrogen and oxygen atoms in total. The monoisotopic (exact) mass is 232 g/mol. The van der Waals surface area contributed by atoms with Crippen LogP contribution in [-0.4, -0.2) is 19.6 Å². The van der Waals surface area contributed by atoms with Crippen LogP contribution in [0, 0.1) is 20.8 Å². The molecule has 17 heavy (non-hydrogen) atoms. The Labute approximate surface area is 105 Å². The van der Waals surface area contributed by atoms with Crippen molar-refractivity contribution in [2.75, 3.05) is 13.6 Å². The number of rotatable bonds is 5. The van der Waals surface area contributed by atoms with Gasteiger partial charge >= 0.3 is 0 Å². The topological polar surface area (TPSA) is 24.1 Å². The van der Waals surface area contributed by atoms with Gasteiger partial charge in [0.1, 0.15) is 0 Å². The van der Waals surface area contributed by atoms with E-state index in [1.807, 2.05) is 7.05 Å². The molecule has 0 saturated heterocycles. The summed E-state index contributed by atoms with van der Waals surface area (Å²) >= 11 is 0. The molecular weight excluding hydrogens is 208 g/mol. The minimum atomic E-state index is 0.426. The maximum atomic E-state index is 3.60. The quantitative estimate of drug-likeness (QED) is 0.815. The van der Waals surface area contributed by atoms with Crippen molar-refractivity contribution in [1.29, 1.82) is 0 Å². The van der Waals surface area contributed by atoms with E-state index in [9.17, 15) is 0 Å². The molecule has 1 saturated carbocycles. The highest BCUT2D eigenvalue weighted by Crippen LogP contribution is 2.24. The number of hydrogen-bond donors (Lipinski definition) is 2. The van der Waals surface area contributed by atoms with Gasteiger partial charge in [-0.1, -0.05) is 12.1 Å². The van der Waals surface area contributed by atoms with Gasteiger partial charge in [0, 0.05) is 18.6 Å². The van der Waals surface area contributed by atoms with Crippen LogP contribution in [-0.2, 0) is 0 Å². The predicted octanol–water partition coefficient (Wildman–Crippen LogP) is 2.62. The Kier molecular flexibility index (Phi) is 3.85. The lowest BCUT2D eigenvalue weighted by atomic mass is 9.94. The Morgan fingerprint density at radius 2 is 1.88 bits per heavy atom. The smallest absolute Gasteiger partial charge is 0.0447 e. The van der Waals surface area contributed by atoms with Gasteiger partial charge in [-0.2, -0.15) is 0 Å². The Hall–Kier alpha value is -0.860. The van der Waals surface area contributed by atoms with Gasteiger partial charge in [-0.25, -0.2) is 0 Å². The number of hydrogen-bond acceptors (Lipinski definition) is 2. The van der Waals surface area contributed by atoms with E-state index < -0.39 is 0 Å². The summed E-state index contributed by atoms with van der Waals surface area (Å²) < 4.78 is 0. The molecule has 0 heterocycles. The number of likely N-dealkylation sites (N-methyl/N-ethyl adjacent to an activating group) is 1. The van der Waals surface area contributed by atoms with Crippen molar-refractivity contribution in [3.63, 3.8) is 0 Å². The van der Waals surface area contributed by atoms with Gasteiger partial charge in [0.15, 0.2) is 0 Å². The Morgan fingerprint density at radius 1 is 1.18 bits per heavy atom. The average Bonchev–Trinajstić information content (AvgIpc) is 3.13. The largest absolute Gasteiger partial charge is 0.312 e. The molecule has 0 radical (unpaired) electrons. The lowest BCUT2D eigenvalue weighted by molar-refractivity contribution is 0.524. The van der Waals surface area contributed by atoms with Gasteiger partial charge < -0.3 is 10.6 Å². The molecule has 0 amide bonds. The minimum Gasteiger partial charge on any atom is -0.312 e. The van der Waals surface area contributed by atoms with Crippen molar-refractivity contribution < 1.29 is 0 Å². The van der Waals surface area contributed by atoms with Gasteiger partial charge in [0.05, 0.1) is 0 Å². The third kappa shape index (κ3) is 2.88. The van der Waals surface area contributed by atoms with Crippen LogP contribution in [0.5, 0.6) is 0 Å². The summed E-state index contributed by atoms with van der Waals surface area (Å²) in [5.74, 6) is 0. The molecule has 1 aromatic carbocycles. The normalized spacial score (nSPS) is 17.2. The third-order valence-electron chi connectivity index (χ3n) is 4.01. The van der Waals surface area contributed by atoms with Crippen LogP contribution in [0.1, 0.15) is 41.1 Å². The van der Waals surface area contributed by atoms with E-state index in [0.29, 0.717) is 6.04 Å². The highest BCUT2D eigenvalue weighted by molar-refractivity contribution is 5.40. The zero-order chi connectivity index (χ0) is 12.4. The molecular formula is C15H24N2. The highest BCUT2D eigenvalue weighted by atomic mass is 15.0. The molecule has 2 rings (SSSR count). The van der Waals surface area contributed by atoms with Crippen molar-refractivity contribution in [1.82, 2.24) is 10.6 Å². The summed E-state index contributed by atoms with van der Waals surface area (Å²) in [5, 5.41) is 7.03. The summed E-state index contributed by atoms with van der Waals surface area (Å²) in [6.45, 7) is 7.67. The van der Waals surface area contributed by atoms with Crippen LogP contribution in [0.4, 0.5) is 0 Å². The first-order valence-electron chi connectivity index (χ1n) is 6.61. The van der Waals surface area contributed by atoms with Crippen LogP contribution in [0.3, 0.4) is 0 Å². The van der Waals surface area contributed by atoms with Crippen molar-refractivity contribution in [2.24, 2.45) is 0 Å². The van der Waals surface area contributed by atoms with Crippen LogP contribution in [0.25, 0.3) is 0 Å². The molecule has 1 atom stereocenters. The van der Waals surface area contributed by atoms with Gasteiger partial charge in [0.2, 0.25) is 0 Å². The SMILES string of the molecule is CNC(CNC1CC1)c1ccc(C)c(C)c1C. The van der Waals surface area contributed by atoms with Crippen molar-refractivity contribution in [2.45, 2.75) is 45.7 Å². The second-order valence-corrected chi connectivity index (χ2v) is 5.25. The highest BCUT2D eigenvalue weighted by Gasteiger charge is 2.22. The lowest BCUT2D eigenvalue weighted by Gasteiger charge is -2.21. The Bertz CT molecular complexity index is 394. The second kappa shape index (κ2) is 5.19. The van der Waals surface area contributed by atoms with Crippen molar-refractivity contribution in [3.05, 3.63) is 34.4 Å². The Morgan fingerprint density at radius 3 is 2.47 bits per heavy atom. The van der Waals surface area contributed by atoms with E-state index in [1.54, 1.807) is 0 Å². The maximum Gasteiger partial charge on any atom is 0.0447 e. The van der Waals surface area contributed by atoms with Gasteiger partial charge in [-0.15, -0.1) is 0 Å². The molecule has 94 valence electrons. The number of aryl methyl sites for hydroxylation is 1. The maximum absolute atomic E-state index is 3.60. The van der Waals surface area contributed by atoms with Gasteiger partial charge in [-0.3, -0.25) is 0 Å². The minimum absolute atomic E-state index is 0.426. The molecule has 2 N–H and O–H groups in total. The lowest BCUT2D eigenvalue weighted by Crippen LogP contribution is -2.31. The number of benzene rings is 1. The Balaban J connectivity index is 2.14. The molecule has 0 aliphatic heterocycles. The first-order valence-corrected chi connectivity index (χ1v) is 6.61. The first kappa shape index (κ1) is 12.6. The van der Waals surface area contributed by atoms with E-state index in [1.165, 1.54) is 35.1 Å². The molecule has 1 fully saturated rings. The van der Waals surface area contributed by atoms with Crippen LogP contribution >= 0.6 is 0 Å². The van der Waals surface area contributed by atoms with Gasteiger partial charge in [0.25, 0.3) is 0 Å². The summed E-state index contributed by atoms with van der Waals surface area (Å²) in [7, 11) is 2.05. The second-order valence-electron chi connectivity index (χ2n) is 5.25. The molecule has 1 aliphatic rings. The zero-order valence-corrected chi connectivity index (χ0v) is 11.4. The zero-order valence-electron chi connectivity index (χ0n) is 11.4. The fourth-order valence-corrected chi connectivity index (χ4v) is 2.29. The van der Waals surface area contributed by atoms with E-state index in [-0.39, 0.29) is 0 Å². The van der Waals surface area contributed by atoms with E-state index >= 15 is 0 Å². The van der Waals surface area contributed by atoms with E-state index in [2.05, 4.69) is 43.5 Å². The van der Waals surface area contributed by atoms with Crippen LogP contribution < -0.4 is 10.6 Å². The standard InChI is InChI=1S/C15H24N2/c1-10-5-8-14(12(3)11(10)2)15(16-4)9-17-13-6-7-13/h5,8,13,15-17H,6-7,9H2,1-4H3. The molecule has 0 bridgehead atoms. The summed E-state index contributed by atoms with van der Waals surface area (Å²) in [6, 6.07) is 5.71. The van der Waals surface area contributed by atoms with Gasteiger partial charge in [-0.05, 0) is 62.9 Å². The van der Waals surface area contributed by atoms with E-state index in [0.717, 1.165) is 12.6 Å². The molecule has 1 unspecified atom stereocenters. The van der Waals surface area contributed by atoms with Crippen LogP contribution in [0.2, 0.25) is 0 Å². The summed E-state index contributed by atoms with van der Waals surface area (Å²) in [5.41, 5.74) is 5.68. The van der Waals surface area contributed by atoms with Crippen molar-refractivity contribution in [3.8, 4) is 0 Å². The fraction of sp³-hybridized carbons (Fsp3) is 0.600. The molecule has 0 aromatic heterocycles. The van der Waals surface area contributed by atoms with E-state index in [4.69, 9.17) is 0 Å². The molecule has 1 aromatic rings. The first-order chi connectivity index (χ1) is 8.13. The molecule has 2 heteroatoms. The molecule has 0 spiro atoms. The average molecular weight is 232 g/mol. The van der Waals surface area contributed by atoms with Crippen LogP contribution in [0.15, 0.2) is 12.1 Å². The molecule has 1 aliphatic carbocycles. The predicted molar refractivity (Wildman–Crippen MR) is 73.5 cm³/mol.